The monoisotopic (exact) mass is 242 g/mol. The Hall–Kier alpha value is -0.630. The van der Waals surface area contributed by atoms with Gasteiger partial charge in [-0.15, -0.1) is 0 Å². The maximum atomic E-state index is 12.6. The van der Waals surface area contributed by atoms with Gasteiger partial charge >= 0.3 is 0 Å². The van der Waals surface area contributed by atoms with Crippen molar-refractivity contribution in [2.75, 3.05) is 12.0 Å². The van der Waals surface area contributed by atoms with Gasteiger partial charge in [0.25, 0.3) is 0 Å². The Morgan fingerprint density at radius 3 is 2.85 bits per heavy atom. The molecule has 0 aliphatic carbocycles. The second kappa shape index (κ2) is 5.18. The second-order valence-corrected chi connectivity index (χ2v) is 3.53. The predicted octanol–water partition coefficient (Wildman–Crippen LogP) is 3.74. The van der Waals surface area contributed by atoms with Gasteiger partial charge in [-0.05, 0) is 18.1 Å². The summed E-state index contributed by atoms with van der Waals surface area (Å²) in [6.07, 6.45) is 1.86. The van der Waals surface area contributed by atoms with E-state index in [-0.39, 0.29) is 0 Å². The van der Waals surface area contributed by atoms with E-state index in [0.29, 0.717) is 5.33 Å². The van der Waals surface area contributed by atoms with E-state index in [1.807, 2.05) is 37.3 Å². The molecule has 2 heteroatoms. The highest BCUT2D eigenvalue weighted by atomic mass is 79.9. The smallest absolute Gasteiger partial charge is 0.115 e. The fourth-order valence-electron chi connectivity index (χ4n) is 1.19. The first-order chi connectivity index (χ1) is 6.27. The van der Waals surface area contributed by atoms with Crippen molar-refractivity contribution in [3.63, 3.8) is 0 Å². The minimum absolute atomic E-state index is 0.408. The van der Waals surface area contributed by atoms with Crippen LogP contribution in [0.25, 0.3) is 5.57 Å². The summed E-state index contributed by atoms with van der Waals surface area (Å²) in [5.41, 5.74) is 2.88. The van der Waals surface area contributed by atoms with E-state index in [0.717, 1.165) is 16.7 Å². The molecule has 1 aromatic carbocycles. The highest BCUT2D eigenvalue weighted by Gasteiger charge is 1.99. The molecule has 70 valence electrons. The second-order valence-electron chi connectivity index (χ2n) is 2.89. The van der Waals surface area contributed by atoms with E-state index < -0.39 is 6.67 Å². The summed E-state index contributed by atoms with van der Waals surface area (Å²) in [7, 11) is 0. The van der Waals surface area contributed by atoms with E-state index in [2.05, 4.69) is 15.9 Å². The fourth-order valence-corrected chi connectivity index (χ4v) is 1.58. The van der Waals surface area contributed by atoms with Crippen molar-refractivity contribution < 1.29 is 4.39 Å². The minimum Gasteiger partial charge on any atom is -0.246 e. The Kier molecular flexibility index (Phi) is 4.16. The molecular weight excluding hydrogens is 231 g/mol. The van der Waals surface area contributed by atoms with Crippen molar-refractivity contribution in [2.24, 2.45) is 0 Å². The average Bonchev–Trinajstić information content (AvgIpc) is 2.14. The number of hydrogen-bond donors (Lipinski definition) is 0. The van der Waals surface area contributed by atoms with Gasteiger partial charge in [0.2, 0.25) is 0 Å². The van der Waals surface area contributed by atoms with Crippen molar-refractivity contribution in [2.45, 2.75) is 6.92 Å². The van der Waals surface area contributed by atoms with Crippen molar-refractivity contribution >= 4 is 21.5 Å². The van der Waals surface area contributed by atoms with Crippen LogP contribution in [0.15, 0.2) is 30.3 Å². The lowest BCUT2D eigenvalue weighted by Gasteiger charge is -2.03. The summed E-state index contributed by atoms with van der Waals surface area (Å²) >= 11 is 3.26. The third-order valence-electron chi connectivity index (χ3n) is 1.86. The zero-order valence-corrected chi connectivity index (χ0v) is 9.14. The highest BCUT2D eigenvalue weighted by Crippen LogP contribution is 2.16. The Balaban J connectivity index is 2.98. The number of halogens is 2. The Morgan fingerprint density at radius 2 is 2.31 bits per heavy atom. The summed E-state index contributed by atoms with van der Waals surface area (Å²) in [4.78, 5) is 0. The number of aryl methyl sites for hydroxylation is 1. The summed E-state index contributed by atoms with van der Waals surface area (Å²) in [6, 6.07) is 7.88. The van der Waals surface area contributed by atoms with Gasteiger partial charge in [0.05, 0.1) is 0 Å². The van der Waals surface area contributed by atoms with Gasteiger partial charge in [-0.25, -0.2) is 4.39 Å². The van der Waals surface area contributed by atoms with Gasteiger partial charge in [-0.1, -0.05) is 51.8 Å². The van der Waals surface area contributed by atoms with Crippen LogP contribution in [0.2, 0.25) is 0 Å². The first-order valence-electron chi connectivity index (χ1n) is 4.16. The van der Waals surface area contributed by atoms with E-state index >= 15 is 0 Å². The molecule has 0 N–H and O–H groups in total. The predicted molar refractivity (Wildman–Crippen MR) is 58.9 cm³/mol. The van der Waals surface area contributed by atoms with Crippen LogP contribution < -0.4 is 0 Å². The molecule has 0 aliphatic heterocycles. The molecule has 0 radical (unpaired) electrons. The molecule has 0 aromatic heterocycles. The molecule has 1 aromatic rings. The molecule has 0 heterocycles. The number of allylic oxidation sites excluding steroid dienone is 2. The van der Waals surface area contributed by atoms with Crippen LogP contribution in [0.5, 0.6) is 0 Å². The van der Waals surface area contributed by atoms with Crippen molar-refractivity contribution in [3.05, 3.63) is 41.5 Å². The van der Waals surface area contributed by atoms with Crippen LogP contribution in [-0.2, 0) is 0 Å². The third kappa shape index (κ3) is 2.96. The van der Waals surface area contributed by atoms with Crippen LogP contribution in [0.1, 0.15) is 11.1 Å². The van der Waals surface area contributed by atoms with Gasteiger partial charge < -0.3 is 0 Å². The summed E-state index contributed by atoms with van der Waals surface area (Å²) < 4.78 is 12.6. The van der Waals surface area contributed by atoms with Crippen LogP contribution in [0, 0.1) is 6.92 Å². The molecule has 0 saturated heterocycles. The first kappa shape index (κ1) is 10.5. The maximum absolute atomic E-state index is 12.6. The average molecular weight is 243 g/mol. The van der Waals surface area contributed by atoms with E-state index in [9.17, 15) is 4.39 Å². The van der Waals surface area contributed by atoms with Crippen LogP contribution in [0.3, 0.4) is 0 Å². The molecule has 0 bridgehead atoms. The van der Waals surface area contributed by atoms with Crippen molar-refractivity contribution in [1.82, 2.24) is 0 Å². The summed E-state index contributed by atoms with van der Waals surface area (Å²) in [5.74, 6) is 0. The number of hydrogen-bond acceptors (Lipinski definition) is 0. The lowest BCUT2D eigenvalue weighted by Crippen LogP contribution is -1.88. The molecule has 0 aliphatic rings. The topological polar surface area (TPSA) is 0 Å². The third-order valence-corrected chi connectivity index (χ3v) is 2.18. The van der Waals surface area contributed by atoms with Gasteiger partial charge in [-0.3, -0.25) is 0 Å². The van der Waals surface area contributed by atoms with Crippen molar-refractivity contribution in [1.29, 1.82) is 0 Å². The minimum atomic E-state index is -0.408. The quantitative estimate of drug-likeness (QED) is 0.709. The lowest BCUT2D eigenvalue weighted by atomic mass is 10.0. The highest BCUT2D eigenvalue weighted by molar-refractivity contribution is 9.09. The molecule has 0 unspecified atom stereocenters. The Morgan fingerprint density at radius 1 is 1.54 bits per heavy atom. The molecule has 0 spiro atoms. The SMILES string of the molecule is Cc1cccc(/C(=C/CBr)CF)c1. The van der Waals surface area contributed by atoms with Crippen LogP contribution >= 0.6 is 15.9 Å². The molecule has 1 rings (SSSR count). The number of benzene rings is 1. The lowest BCUT2D eigenvalue weighted by molar-refractivity contribution is 0.571. The van der Waals surface area contributed by atoms with Gasteiger partial charge in [-0.2, -0.15) is 0 Å². The number of alkyl halides is 2. The van der Waals surface area contributed by atoms with Crippen molar-refractivity contribution in [3.8, 4) is 0 Å². The molecule has 13 heavy (non-hydrogen) atoms. The number of rotatable bonds is 3. The molecule has 0 atom stereocenters. The van der Waals surface area contributed by atoms with E-state index in [1.54, 1.807) is 0 Å². The largest absolute Gasteiger partial charge is 0.246 e. The molecule has 0 saturated carbocycles. The molecule has 0 amide bonds. The fraction of sp³-hybridized carbons (Fsp3) is 0.273. The molecular formula is C11H12BrF. The Labute approximate surface area is 86.6 Å². The summed E-state index contributed by atoms with van der Waals surface area (Å²) in [6.45, 7) is 1.60. The van der Waals surface area contributed by atoms with Gasteiger partial charge in [0.1, 0.15) is 6.67 Å². The Bertz CT molecular complexity index is 305. The van der Waals surface area contributed by atoms with E-state index in [1.165, 1.54) is 0 Å². The first-order valence-corrected chi connectivity index (χ1v) is 5.28. The normalized spacial score (nSPS) is 11.8. The van der Waals surface area contributed by atoms with E-state index in [4.69, 9.17) is 0 Å². The zero-order chi connectivity index (χ0) is 9.68. The van der Waals surface area contributed by atoms with Gasteiger partial charge in [0, 0.05) is 5.33 Å². The van der Waals surface area contributed by atoms with Crippen LogP contribution in [-0.4, -0.2) is 12.0 Å². The summed E-state index contributed by atoms with van der Waals surface area (Å²) in [5, 5.41) is 0.695. The van der Waals surface area contributed by atoms with Crippen LogP contribution in [0.4, 0.5) is 4.39 Å². The standard InChI is InChI=1S/C11H12BrF/c1-9-3-2-4-10(7-9)11(8-13)5-6-12/h2-5,7H,6,8H2,1H3/b11-5+. The zero-order valence-electron chi connectivity index (χ0n) is 7.56. The molecule has 0 nitrogen and oxygen atoms in total. The molecule has 0 fully saturated rings. The maximum Gasteiger partial charge on any atom is 0.115 e. The van der Waals surface area contributed by atoms with Gasteiger partial charge in [0.15, 0.2) is 0 Å².